The van der Waals surface area contributed by atoms with Crippen molar-refractivity contribution in [3.63, 3.8) is 0 Å². The molecule has 0 saturated carbocycles. The van der Waals surface area contributed by atoms with E-state index in [0.29, 0.717) is 39.4 Å². The fraction of sp³-hybridized carbons (Fsp3) is 0.333. The predicted molar refractivity (Wildman–Crippen MR) is 125 cm³/mol. The van der Waals surface area contributed by atoms with Gasteiger partial charge in [0.05, 0.1) is 35.4 Å². The number of morpholine rings is 1. The van der Waals surface area contributed by atoms with Crippen molar-refractivity contribution >= 4 is 60.6 Å². The lowest BCUT2D eigenvalue weighted by Crippen LogP contribution is -2.49. The molecular formula is C21H20N6O3S2. The maximum atomic E-state index is 12.9. The molecule has 11 heteroatoms. The quantitative estimate of drug-likeness (QED) is 0.469. The zero-order chi connectivity index (χ0) is 21.7. The third-order valence-electron chi connectivity index (χ3n) is 5.87. The Balaban J connectivity index is 1.30. The minimum Gasteiger partial charge on any atom is -0.378 e. The van der Waals surface area contributed by atoms with Gasteiger partial charge in [-0.15, -0.1) is 11.3 Å². The van der Waals surface area contributed by atoms with Crippen LogP contribution < -0.4 is 10.2 Å². The van der Waals surface area contributed by atoms with Crippen molar-refractivity contribution in [1.29, 1.82) is 0 Å². The highest BCUT2D eigenvalue weighted by Gasteiger charge is 2.29. The van der Waals surface area contributed by atoms with Crippen molar-refractivity contribution in [3.05, 3.63) is 44.6 Å². The van der Waals surface area contributed by atoms with Gasteiger partial charge in [0, 0.05) is 30.2 Å². The number of anilines is 2. The molecule has 1 fully saturated rings. The molecule has 0 spiro atoms. The van der Waals surface area contributed by atoms with Gasteiger partial charge in [-0.25, -0.2) is 14.8 Å². The minimum absolute atomic E-state index is 0.0651. The number of rotatable bonds is 2. The third kappa shape index (κ3) is 3.42. The Labute approximate surface area is 190 Å². The van der Waals surface area contributed by atoms with Crippen molar-refractivity contribution in [2.75, 3.05) is 38.2 Å². The number of benzene rings is 1. The lowest BCUT2D eigenvalue weighted by atomic mass is 10.0. The van der Waals surface area contributed by atoms with Gasteiger partial charge in [-0.05, 0) is 30.2 Å². The standard InChI is InChI=1S/C21H20N6O3S2/c28-20-25-14-2-1-12(9-15(14)32-20)24-18-17-13-3-4-27(21(29)26-5-7-30-8-6-26)10-16(13)31-19(17)23-11-22-18/h1-2,9,11H,3-8,10H2,(H,25,28)(H,22,23,24). The van der Waals surface area contributed by atoms with E-state index in [-0.39, 0.29) is 10.9 Å². The van der Waals surface area contributed by atoms with Crippen LogP contribution in [0.1, 0.15) is 10.4 Å². The van der Waals surface area contributed by atoms with Crippen molar-refractivity contribution in [1.82, 2.24) is 24.8 Å². The largest absolute Gasteiger partial charge is 0.378 e. The number of aromatic nitrogens is 3. The fourth-order valence-corrected chi connectivity index (χ4v) is 6.28. The molecule has 32 heavy (non-hydrogen) atoms. The second-order valence-corrected chi connectivity index (χ2v) is 9.91. The van der Waals surface area contributed by atoms with Crippen molar-refractivity contribution in [3.8, 4) is 0 Å². The van der Waals surface area contributed by atoms with Crippen LogP contribution in [-0.4, -0.2) is 63.6 Å². The Hall–Kier alpha value is -3.02. The molecule has 2 aliphatic heterocycles. The number of fused-ring (bicyclic) bond motifs is 4. The van der Waals surface area contributed by atoms with Crippen LogP contribution in [0, 0.1) is 0 Å². The first-order valence-corrected chi connectivity index (χ1v) is 12.1. The molecule has 2 aliphatic rings. The van der Waals surface area contributed by atoms with Crippen LogP contribution in [0.3, 0.4) is 0 Å². The number of hydrogen-bond acceptors (Lipinski definition) is 8. The van der Waals surface area contributed by atoms with Gasteiger partial charge in [0.1, 0.15) is 17.0 Å². The van der Waals surface area contributed by atoms with Crippen LogP contribution in [0.25, 0.3) is 20.4 Å². The number of nitrogens with one attached hydrogen (secondary N) is 2. The van der Waals surface area contributed by atoms with E-state index in [2.05, 4.69) is 20.3 Å². The van der Waals surface area contributed by atoms with Gasteiger partial charge in [0.15, 0.2) is 0 Å². The van der Waals surface area contributed by atoms with Gasteiger partial charge in [-0.2, -0.15) is 0 Å². The smallest absolute Gasteiger partial charge is 0.320 e. The number of H-pyrrole nitrogens is 1. The van der Waals surface area contributed by atoms with Crippen molar-refractivity contribution < 1.29 is 9.53 Å². The Morgan fingerprint density at radius 2 is 2.00 bits per heavy atom. The molecule has 9 nitrogen and oxygen atoms in total. The van der Waals surface area contributed by atoms with Gasteiger partial charge in [-0.3, -0.25) is 4.79 Å². The highest BCUT2D eigenvalue weighted by molar-refractivity contribution is 7.19. The first kappa shape index (κ1) is 19.6. The number of nitrogens with zero attached hydrogens (tertiary/aromatic N) is 4. The summed E-state index contributed by atoms with van der Waals surface area (Å²) in [6.07, 6.45) is 2.34. The number of amides is 2. The Morgan fingerprint density at radius 3 is 2.88 bits per heavy atom. The molecule has 6 rings (SSSR count). The topological polar surface area (TPSA) is 103 Å². The number of ether oxygens (including phenoxy) is 1. The predicted octanol–water partition coefficient (Wildman–Crippen LogP) is 3.15. The Morgan fingerprint density at radius 1 is 1.12 bits per heavy atom. The third-order valence-corrected chi connectivity index (χ3v) is 7.84. The number of thiazole rings is 1. The van der Waals surface area contributed by atoms with Crippen LogP contribution in [0.5, 0.6) is 0 Å². The lowest BCUT2D eigenvalue weighted by molar-refractivity contribution is 0.0423. The number of carbonyl (C=O) groups is 1. The molecule has 1 saturated heterocycles. The molecule has 2 amide bonds. The second kappa shape index (κ2) is 7.84. The van der Waals surface area contributed by atoms with Crippen LogP contribution in [-0.2, 0) is 17.7 Å². The number of carbonyl (C=O) groups excluding carboxylic acids is 1. The SMILES string of the molecule is O=C(N1CCOCC1)N1CCc2c(sc3ncnc(Nc4ccc5[nH]c(=O)sc5c4)c23)C1. The van der Waals surface area contributed by atoms with Gasteiger partial charge in [0.2, 0.25) is 0 Å². The number of urea groups is 1. The van der Waals surface area contributed by atoms with E-state index < -0.39 is 0 Å². The summed E-state index contributed by atoms with van der Waals surface area (Å²) in [6.45, 7) is 3.76. The summed E-state index contributed by atoms with van der Waals surface area (Å²) >= 11 is 2.81. The van der Waals surface area contributed by atoms with E-state index in [1.54, 1.807) is 17.7 Å². The molecule has 164 valence electrons. The van der Waals surface area contributed by atoms with Crippen LogP contribution in [0.4, 0.5) is 16.3 Å². The highest BCUT2D eigenvalue weighted by Crippen LogP contribution is 2.38. The lowest BCUT2D eigenvalue weighted by Gasteiger charge is -2.34. The summed E-state index contributed by atoms with van der Waals surface area (Å²) in [6, 6.07) is 5.86. The molecular weight excluding hydrogens is 448 g/mol. The summed E-state index contributed by atoms with van der Waals surface area (Å²) in [5, 5.41) is 4.44. The highest BCUT2D eigenvalue weighted by atomic mass is 32.1. The first-order valence-electron chi connectivity index (χ1n) is 10.4. The molecule has 0 atom stereocenters. The van der Waals surface area contributed by atoms with Crippen molar-refractivity contribution in [2.24, 2.45) is 0 Å². The van der Waals surface area contributed by atoms with Gasteiger partial charge >= 0.3 is 10.9 Å². The first-order chi connectivity index (χ1) is 15.7. The molecule has 5 heterocycles. The van der Waals surface area contributed by atoms with E-state index >= 15 is 0 Å². The van der Waals surface area contributed by atoms with Crippen molar-refractivity contribution in [2.45, 2.75) is 13.0 Å². The summed E-state index contributed by atoms with van der Waals surface area (Å²) < 4.78 is 6.27. The average molecular weight is 469 g/mol. The van der Waals surface area contributed by atoms with E-state index in [4.69, 9.17) is 4.74 Å². The molecule has 0 aliphatic carbocycles. The molecule has 0 radical (unpaired) electrons. The molecule has 2 N–H and O–H groups in total. The van der Waals surface area contributed by atoms with Crippen LogP contribution in [0.15, 0.2) is 29.3 Å². The zero-order valence-corrected chi connectivity index (χ0v) is 18.7. The number of aromatic amines is 1. The van der Waals surface area contributed by atoms with Crippen LogP contribution in [0.2, 0.25) is 0 Å². The van der Waals surface area contributed by atoms with E-state index in [1.165, 1.54) is 16.9 Å². The molecule has 0 unspecified atom stereocenters. The number of hydrogen-bond donors (Lipinski definition) is 2. The van der Waals surface area contributed by atoms with Crippen LogP contribution >= 0.6 is 22.7 Å². The molecule has 3 aromatic heterocycles. The maximum Gasteiger partial charge on any atom is 0.320 e. The Bertz CT molecular complexity index is 1390. The van der Waals surface area contributed by atoms with E-state index in [0.717, 1.165) is 43.2 Å². The number of thiophene rings is 1. The summed E-state index contributed by atoms with van der Waals surface area (Å²) in [4.78, 5) is 42.2. The monoisotopic (exact) mass is 468 g/mol. The molecule has 1 aromatic carbocycles. The van der Waals surface area contributed by atoms with Gasteiger partial charge in [0.25, 0.3) is 0 Å². The minimum atomic E-state index is -0.0651. The molecule has 4 aromatic rings. The van der Waals surface area contributed by atoms with E-state index in [9.17, 15) is 9.59 Å². The van der Waals surface area contributed by atoms with Gasteiger partial charge < -0.3 is 24.8 Å². The average Bonchev–Trinajstić information content (AvgIpc) is 3.38. The fourth-order valence-electron chi connectivity index (χ4n) is 4.30. The Kier molecular flexibility index (Phi) is 4.81. The molecule has 0 bridgehead atoms. The summed E-state index contributed by atoms with van der Waals surface area (Å²) in [5.74, 6) is 0.752. The summed E-state index contributed by atoms with van der Waals surface area (Å²) in [7, 11) is 0. The normalized spacial score (nSPS) is 16.5. The van der Waals surface area contributed by atoms with Gasteiger partial charge in [-0.1, -0.05) is 11.3 Å². The second-order valence-electron chi connectivity index (χ2n) is 7.81. The van der Waals surface area contributed by atoms with E-state index in [1.807, 2.05) is 28.0 Å². The maximum absolute atomic E-state index is 12.9. The summed E-state index contributed by atoms with van der Waals surface area (Å²) in [5.41, 5.74) is 2.91. The zero-order valence-electron chi connectivity index (χ0n) is 17.1.